The van der Waals surface area contributed by atoms with E-state index < -0.39 is 0 Å². The minimum atomic E-state index is -0.358. The highest BCUT2D eigenvalue weighted by Gasteiger charge is 2.26. The van der Waals surface area contributed by atoms with Crippen molar-refractivity contribution in [3.05, 3.63) is 112 Å². The highest BCUT2D eigenvalue weighted by molar-refractivity contribution is 7.98. The molecule has 2 N–H and O–H groups in total. The average molecular weight is 613 g/mol. The topological polar surface area (TPSA) is 63.5 Å². The molecular weight excluding hydrogens is 576 g/mol. The van der Waals surface area contributed by atoms with E-state index in [4.69, 9.17) is 4.74 Å². The Balaban J connectivity index is 0.00000368. The molecular formula is C36H37ClN2O3S. The number of thioether (sulfide) groups is 1. The number of hydrogen-bond donors (Lipinski definition) is 2. The van der Waals surface area contributed by atoms with Gasteiger partial charge in [0.2, 0.25) is 0 Å². The van der Waals surface area contributed by atoms with E-state index in [1.807, 2.05) is 6.92 Å². The molecule has 5 nitrogen and oxygen atoms in total. The number of phenols is 1. The summed E-state index contributed by atoms with van der Waals surface area (Å²) in [6.07, 6.45) is 2.98. The van der Waals surface area contributed by atoms with Crippen LogP contribution in [-0.4, -0.2) is 35.3 Å². The third-order valence-corrected chi connectivity index (χ3v) is 9.27. The molecule has 1 aliphatic heterocycles. The van der Waals surface area contributed by atoms with Gasteiger partial charge in [0, 0.05) is 40.4 Å². The van der Waals surface area contributed by atoms with E-state index in [1.54, 1.807) is 17.8 Å². The van der Waals surface area contributed by atoms with Crippen molar-refractivity contribution in [2.75, 3.05) is 19.7 Å². The standard InChI is InChI=1S/C36H36N2O3S.ClH/c1-4-41-36(40)35-30-20-33(39)29(26-14-16-37-17-15-26)19-31(30)38(21-27-10-7-9-25-8-5-6-11-28(25)27)32(35)22-42-34-13-12-23(2)18-24(34)3;/h5-14,18-20,37,39H,4,15-17,21-22H2,1-3H3;1H. The van der Waals surface area contributed by atoms with Crippen LogP contribution in [-0.2, 0) is 17.0 Å². The lowest BCUT2D eigenvalue weighted by Gasteiger charge is -2.17. The molecule has 0 saturated carbocycles. The molecule has 43 heavy (non-hydrogen) atoms. The fourth-order valence-corrected chi connectivity index (χ4v) is 7.07. The van der Waals surface area contributed by atoms with Crippen LogP contribution in [0.3, 0.4) is 0 Å². The van der Waals surface area contributed by atoms with Crippen LogP contribution in [0.2, 0.25) is 0 Å². The first kappa shape index (κ1) is 30.7. The third-order valence-electron chi connectivity index (χ3n) is 8.08. The molecule has 0 aliphatic carbocycles. The average Bonchev–Trinajstić information content (AvgIpc) is 3.28. The quantitative estimate of drug-likeness (QED) is 0.136. The lowest BCUT2D eigenvalue weighted by Crippen LogP contribution is -2.20. The van der Waals surface area contributed by atoms with Gasteiger partial charge in [-0.25, -0.2) is 4.79 Å². The maximum Gasteiger partial charge on any atom is 0.340 e. The number of fused-ring (bicyclic) bond motifs is 2. The molecule has 222 valence electrons. The number of nitrogens with one attached hydrogen (secondary N) is 1. The van der Waals surface area contributed by atoms with E-state index in [-0.39, 0.29) is 30.7 Å². The second-order valence-corrected chi connectivity index (χ2v) is 11.9. The zero-order valence-corrected chi connectivity index (χ0v) is 26.4. The summed E-state index contributed by atoms with van der Waals surface area (Å²) in [5.74, 6) is 0.418. The van der Waals surface area contributed by atoms with Gasteiger partial charge < -0.3 is 19.7 Å². The van der Waals surface area contributed by atoms with Crippen LogP contribution in [0.4, 0.5) is 0 Å². The molecule has 1 aliphatic rings. The molecule has 1 aromatic heterocycles. The van der Waals surface area contributed by atoms with Crippen LogP contribution in [0, 0.1) is 13.8 Å². The first-order valence-corrected chi connectivity index (χ1v) is 15.5. The molecule has 4 aromatic carbocycles. The normalized spacial score (nSPS) is 13.1. The number of aryl methyl sites for hydroxylation is 2. The summed E-state index contributed by atoms with van der Waals surface area (Å²) in [6, 6.07) is 25.1. The molecule has 0 atom stereocenters. The number of ether oxygens (including phenoxy) is 1. The second kappa shape index (κ2) is 13.3. The highest BCUT2D eigenvalue weighted by Crippen LogP contribution is 2.39. The van der Waals surface area contributed by atoms with Crippen molar-refractivity contribution in [3.8, 4) is 5.75 Å². The Hall–Kier alpha value is -3.71. The summed E-state index contributed by atoms with van der Waals surface area (Å²) in [7, 11) is 0. The molecule has 0 bridgehead atoms. The van der Waals surface area contributed by atoms with Gasteiger partial charge in [0.25, 0.3) is 0 Å². The van der Waals surface area contributed by atoms with Crippen LogP contribution in [0.15, 0.2) is 83.8 Å². The van der Waals surface area contributed by atoms with Crippen molar-refractivity contribution >= 4 is 57.4 Å². The van der Waals surface area contributed by atoms with Gasteiger partial charge in [-0.3, -0.25) is 0 Å². The molecule has 0 spiro atoms. The van der Waals surface area contributed by atoms with Crippen LogP contribution in [0.25, 0.3) is 27.2 Å². The summed E-state index contributed by atoms with van der Waals surface area (Å²) in [4.78, 5) is 14.8. The van der Waals surface area contributed by atoms with Gasteiger partial charge in [-0.15, -0.1) is 24.2 Å². The number of carbonyl (C=O) groups excluding carboxylic acids is 1. The van der Waals surface area contributed by atoms with Crippen LogP contribution < -0.4 is 5.32 Å². The highest BCUT2D eigenvalue weighted by atomic mass is 35.5. The minimum Gasteiger partial charge on any atom is -0.507 e. The van der Waals surface area contributed by atoms with E-state index in [0.717, 1.165) is 47.2 Å². The number of halogens is 1. The van der Waals surface area contributed by atoms with Crippen LogP contribution >= 0.6 is 24.2 Å². The maximum atomic E-state index is 13.6. The lowest BCUT2D eigenvalue weighted by molar-refractivity contribution is 0.0527. The Morgan fingerprint density at radius 1 is 1.02 bits per heavy atom. The van der Waals surface area contributed by atoms with Gasteiger partial charge in [0.15, 0.2) is 0 Å². The van der Waals surface area contributed by atoms with Crippen molar-refractivity contribution in [1.82, 2.24) is 9.88 Å². The zero-order chi connectivity index (χ0) is 29.2. The summed E-state index contributed by atoms with van der Waals surface area (Å²) in [6.45, 7) is 8.57. The van der Waals surface area contributed by atoms with Gasteiger partial charge in [0.05, 0.1) is 17.7 Å². The monoisotopic (exact) mass is 612 g/mol. The number of carbonyl (C=O) groups is 1. The first-order chi connectivity index (χ1) is 20.4. The Morgan fingerprint density at radius 3 is 2.60 bits per heavy atom. The summed E-state index contributed by atoms with van der Waals surface area (Å²) in [5, 5.41) is 17.7. The lowest BCUT2D eigenvalue weighted by atomic mass is 9.97. The molecule has 5 aromatic rings. The molecule has 2 heterocycles. The summed E-state index contributed by atoms with van der Waals surface area (Å²) in [5.41, 5.74) is 7.92. The van der Waals surface area contributed by atoms with E-state index in [1.165, 1.54) is 32.4 Å². The molecule has 0 radical (unpaired) electrons. The number of rotatable bonds is 8. The Bertz CT molecular complexity index is 1840. The van der Waals surface area contributed by atoms with Gasteiger partial charge in [-0.05, 0) is 79.4 Å². The number of esters is 1. The van der Waals surface area contributed by atoms with Gasteiger partial charge in [0.1, 0.15) is 5.75 Å². The van der Waals surface area contributed by atoms with Gasteiger partial charge >= 0.3 is 5.97 Å². The predicted molar refractivity (Wildman–Crippen MR) is 181 cm³/mol. The van der Waals surface area contributed by atoms with Crippen LogP contribution in [0.5, 0.6) is 5.75 Å². The smallest absolute Gasteiger partial charge is 0.340 e. The Morgan fingerprint density at radius 2 is 1.84 bits per heavy atom. The van der Waals surface area contributed by atoms with Gasteiger partial charge in [-0.2, -0.15) is 0 Å². The summed E-state index contributed by atoms with van der Waals surface area (Å²) >= 11 is 1.73. The van der Waals surface area contributed by atoms with E-state index in [9.17, 15) is 9.90 Å². The van der Waals surface area contributed by atoms with Crippen molar-refractivity contribution in [2.45, 2.75) is 44.4 Å². The largest absolute Gasteiger partial charge is 0.507 e. The minimum absolute atomic E-state index is 0. The number of benzene rings is 4. The molecule has 7 heteroatoms. The Labute approximate surface area is 263 Å². The van der Waals surface area contributed by atoms with Crippen LogP contribution in [0.1, 0.15) is 51.7 Å². The maximum absolute atomic E-state index is 13.6. The molecule has 0 fully saturated rings. The number of nitrogens with zero attached hydrogens (tertiary/aromatic N) is 1. The first-order valence-electron chi connectivity index (χ1n) is 14.6. The number of phenolic OH excluding ortho intramolecular Hbond substituents is 1. The van der Waals surface area contributed by atoms with E-state index in [0.29, 0.717) is 17.9 Å². The Kier molecular flexibility index (Phi) is 9.50. The van der Waals surface area contributed by atoms with Gasteiger partial charge in [-0.1, -0.05) is 66.2 Å². The van der Waals surface area contributed by atoms with Crippen molar-refractivity contribution < 1.29 is 14.6 Å². The fraction of sp³-hybridized carbons (Fsp3) is 0.250. The predicted octanol–water partition coefficient (Wildman–Crippen LogP) is 8.43. The molecule has 0 saturated heterocycles. The fourth-order valence-electron chi connectivity index (χ4n) is 6.03. The van der Waals surface area contributed by atoms with E-state index >= 15 is 0 Å². The molecule has 0 unspecified atom stereocenters. The van der Waals surface area contributed by atoms with Crippen molar-refractivity contribution in [1.29, 1.82) is 0 Å². The number of aromatic nitrogens is 1. The molecule has 6 rings (SSSR count). The van der Waals surface area contributed by atoms with Crippen molar-refractivity contribution in [2.24, 2.45) is 0 Å². The summed E-state index contributed by atoms with van der Waals surface area (Å²) < 4.78 is 7.89. The number of aromatic hydroxyl groups is 1. The SMILES string of the molecule is CCOC(=O)c1c(CSc2ccc(C)cc2C)n(Cc2cccc3ccccc23)c2cc(C3=CCNCC3)c(O)cc12.Cl. The van der Waals surface area contributed by atoms with Crippen molar-refractivity contribution in [3.63, 3.8) is 0 Å². The third kappa shape index (κ3) is 6.19. The van der Waals surface area contributed by atoms with E-state index in [2.05, 4.69) is 96.5 Å². The zero-order valence-electron chi connectivity index (χ0n) is 24.8. The number of hydrogen-bond acceptors (Lipinski definition) is 5. The second-order valence-electron chi connectivity index (χ2n) is 10.9. The molecule has 0 amide bonds.